The minimum absolute atomic E-state index is 0.314. The molecule has 0 radical (unpaired) electrons. The third-order valence-electron chi connectivity index (χ3n) is 1.72. The second-order valence-corrected chi connectivity index (χ2v) is 3.65. The molecule has 0 aliphatic rings. The summed E-state index contributed by atoms with van der Waals surface area (Å²) in [4.78, 5) is 4.46. The highest BCUT2D eigenvalue weighted by atomic mass is 32.1. The van der Waals surface area contributed by atoms with Crippen molar-refractivity contribution in [2.24, 2.45) is 0 Å². The third kappa shape index (κ3) is 1.50. The van der Waals surface area contributed by atoms with Crippen LogP contribution in [0, 0.1) is 17.1 Å². The van der Waals surface area contributed by atoms with E-state index in [4.69, 9.17) is 5.26 Å². The van der Waals surface area contributed by atoms with Crippen molar-refractivity contribution in [3.63, 3.8) is 0 Å². The SMILES string of the molecule is N#Cc1cnc(-c2ccccc2F)s1. The summed E-state index contributed by atoms with van der Waals surface area (Å²) in [6, 6.07) is 8.36. The van der Waals surface area contributed by atoms with Crippen molar-refractivity contribution in [1.82, 2.24) is 4.98 Å². The number of benzene rings is 1. The second-order valence-electron chi connectivity index (χ2n) is 2.62. The Morgan fingerprint density at radius 2 is 2.14 bits per heavy atom. The van der Waals surface area contributed by atoms with Gasteiger partial charge in [0.25, 0.3) is 0 Å². The summed E-state index contributed by atoms with van der Waals surface area (Å²) in [6.07, 6.45) is 1.45. The summed E-state index contributed by atoms with van der Waals surface area (Å²) in [6.45, 7) is 0. The smallest absolute Gasteiger partial charge is 0.133 e. The van der Waals surface area contributed by atoms with Gasteiger partial charge in [-0.3, -0.25) is 0 Å². The van der Waals surface area contributed by atoms with Crippen LogP contribution in [0.1, 0.15) is 4.88 Å². The Labute approximate surface area is 84.3 Å². The van der Waals surface area contributed by atoms with Gasteiger partial charge in [-0.15, -0.1) is 11.3 Å². The monoisotopic (exact) mass is 204 g/mol. The van der Waals surface area contributed by atoms with E-state index >= 15 is 0 Å². The van der Waals surface area contributed by atoms with Gasteiger partial charge >= 0.3 is 0 Å². The molecule has 2 aromatic rings. The van der Waals surface area contributed by atoms with E-state index in [1.807, 2.05) is 6.07 Å². The fraction of sp³-hybridized carbons (Fsp3) is 0. The summed E-state index contributed by atoms with van der Waals surface area (Å²) < 4.78 is 13.3. The second kappa shape index (κ2) is 3.56. The van der Waals surface area contributed by atoms with Crippen molar-refractivity contribution in [2.75, 3.05) is 0 Å². The van der Waals surface area contributed by atoms with E-state index in [-0.39, 0.29) is 5.82 Å². The maximum absolute atomic E-state index is 13.3. The molecule has 14 heavy (non-hydrogen) atoms. The fourth-order valence-electron chi connectivity index (χ4n) is 1.08. The van der Waals surface area contributed by atoms with Crippen LogP contribution in [0.25, 0.3) is 10.6 Å². The third-order valence-corrected chi connectivity index (χ3v) is 2.66. The number of hydrogen-bond donors (Lipinski definition) is 0. The van der Waals surface area contributed by atoms with Crippen LogP contribution >= 0.6 is 11.3 Å². The van der Waals surface area contributed by atoms with Crippen LogP contribution in [-0.2, 0) is 0 Å². The van der Waals surface area contributed by atoms with Crippen LogP contribution in [0.15, 0.2) is 30.5 Å². The normalized spacial score (nSPS) is 9.71. The predicted molar refractivity (Wildman–Crippen MR) is 52.2 cm³/mol. The first-order valence-corrected chi connectivity index (χ1v) is 4.74. The lowest BCUT2D eigenvalue weighted by molar-refractivity contribution is 0.631. The van der Waals surface area contributed by atoms with E-state index < -0.39 is 0 Å². The van der Waals surface area contributed by atoms with Gasteiger partial charge in [-0.05, 0) is 12.1 Å². The minimum Gasteiger partial charge on any atom is -0.243 e. The molecule has 0 aliphatic carbocycles. The highest BCUT2D eigenvalue weighted by molar-refractivity contribution is 7.15. The topological polar surface area (TPSA) is 36.7 Å². The Bertz CT molecular complexity index is 499. The number of thiazole rings is 1. The van der Waals surface area contributed by atoms with Crippen LogP contribution in [0.2, 0.25) is 0 Å². The van der Waals surface area contributed by atoms with E-state index in [0.717, 1.165) is 0 Å². The van der Waals surface area contributed by atoms with Gasteiger partial charge in [0.1, 0.15) is 21.8 Å². The summed E-state index contributed by atoms with van der Waals surface area (Å²) in [5.41, 5.74) is 0.444. The number of nitriles is 1. The zero-order valence-electron chi connectivity index (χ0n) is 7.07. The molecule has 0 saturated carbocycles. The molecule has 2 nitrogen and oxygen atoms in total. The fourth-order valence-corrected chi connectivity index (χ4v) is 1.83. The Kier molecular flexibility index (Phi) is 2.25. The van der Waals surface area contributed by atoms with E-state index in [2.05, 4.69) is 4.98 Å². The molecular weight excluding hydrogens is 199 g/mol. The Balaban J connectivity index is 2.51. The molecule has 0 atom stereocenters. The highest BCUT2D eigenvalue weighted by Crippen LogP contribution is 2.26. The van der Waals surface area contributed by atoms with Crippen molar-refractivity contribution in [1.29, 1.82) is 5.26 Å². The van der Waals surface area contributed by atoms with Crippen LogP contribution in [0.4, 0.5) is 4.39 Å². The molecule has 0 unspecified atom stereocenters. The molecule has 0 spiro atoms. The maximum Gasteiger partial charge on any atom is 0.133 e. The standard InChI is InChI=1S/C10H5FN2S/c11-9-4-2-1-3-8(9)10-13-6-7(5-12)14-10/h1-4,6H. The Hall–Kier alpha value is -1.73. The average Bonchev–Trinajstić information content (AvgIpc) is 2.67. The van der Waals surface area contributed by atoms with Crippen molar-refractivity contribution in [2.45, 2.75) is 0 Å². The molecule has 0 aliphatic heterocycles. The van der Waals surface area contributed by atoms with Gasteiger partial charge in [0.2, 0.25) is 0 Å². The molecule has 0 saturated heterocycles. The number of halogens is 1. The Morgan fingerprint density at radius 3 is 2.79 bits per heavy atom. The molecule has 2 rings (SSSR count). The quantitative estimate of drug-likeness (QED) is 0.716. The predicted octanol–water partition coefficient (Wildman–Crippen LogP) is 2.82. The van der Waals surface area contributed by atoms with Crippen LogP contribution in [0.5, 0.6) is 0 Å². The maximum atomic E-state index is 13.3. The molecule has 0 bridgehead atoms. The zero-order valence-corrected chi connectivity index (χ0v) is 7.88. The van der Waals surface area contributed by atoms with Crippen molar-refractivity contribution in [3.8, 4) is 16.6 Å². The average molecular weight is 204 g/mol. The van der Waals surface area contributed by atoms with E-state index in [0.29, 0.717) is 15.4 Å². The first-order chi connectivity index (χ1) is 6.81. The first-order valence-electron chi connectivity index (χ1n) is 3.92. The van der Waals surface area contributed by atoms with Crippen molar-refractivity contribution in [3.05, 3.63) is 41.2 Å². The van der Waals surface area contributed by atoms with Crippen molar-refractivity contribution < 1.29 is 4.39 Å². The Morgan fingerprint density at radius 1 is 1.36 bits per heavy atom. The van der Waals surface area contributed by atoms with Crippen LogP contribution in [-0.4, -0.2) is 4.98 Å². The number of nitrogens with zero attached hydrogens (tertiary/aromatic N) is 2. The zero-order chi connectivity index (χ0) is 9.97. The molecule has 1 aromatic carbocycles. The minimum atomic E-state index is -0.314. The van der Waals surface area contributed by atoms with Crippen molar-refractivity contribution >= 4 is 11.3 Å². The van der Waals surface area contributed by atoms with E-state index in [1.54, 1.807) is 18.2 Å². The van der Waals surface area contributed by atoms with Gasteiger partial charge in [0.15, 0.2) is 0 Å². The van der Waals surface area contributed by atoms with Gasteiger partial charge in [0, 0.05) is 5.56 Å². The van der Waals surface area contributed by atoms with Gasteiger partial charge < -0.3 is 0 Å². The summed E-state index contributed by atoms with van der Waals surface area (Å²) >= 11 is 1.19. The number of aromatic nitrogens is 1. The van der Waals surface area contributed by atoms with Gasteiger partial charge in [-0.2, -0.15) is 5.26 Å². The van der Waals surface area contributed by atoms with Gasteiger partial charge in [-0.1, -0.05) is 12.1 Å². The molecule has 0 fully saturated rings. The van der Waals surface area contributed by atoms with Gasteiger partial charge in [0.05, 0.1) is 6.20 Å². The first kappa shape index (κ1) is 8.85. The molecule has 1 aromatic heterocycles. The van der Waals surface area contributed by atoms with Gasteiger partial charge in [-0.25, -0.2) is 9.37 Å². The lowest BCUT2D eigenvalue weighted by atomic mass is 10.2. The number of hydrogen-bond acceptors (Lipinski definition) is 3. The molecule has 1 heterocycles. The van der Waals surface area contributed by atoms with E-state index in [1.165, 1.54) is 23.6 Å². The highest BCUT2D eigenvalue weighted by Gasteiger charge is 2.08. The lowest BCUT2D eigenvalue weighted by Gasteiger charge is -1.96. The summed E-state index contributed by atoms with van der Waals surface area (Å²) in [5, 5.41) is 9.14. The number of rotatable bonds is 1. The molecular formula is C10H5FN2S. The van der Waals surface area contributed by atoms with E-state index in [9.17, 15) is 4.39 Å². The van der Waals surface area contributed by atoms with Crippen LogP contribution < -0.4 is 0 Å². The van der Waals surface area contributed by atoms with Crippen LogP contribution in [0.3, 0.4) is 0 Å². The molecule has 68 valence electrons. The molecule has 0 N–H and O–H groups in total. The lowest BCUT2D eigenvalue weighted by Crippen LogP contribution is -1.80. The summed E-state index contributed by atoms with van der Waals surface area (Å²) in [5.74, 6) is -0.314. The molecule has 0 amide bonds. The largest absolute Gasteiger partial charge is 0.243 e. The molecule has 4 heteroatoms. The summed E-state index contributed by atoms with van der Waals surface area (Å²) in [7, 11) is 0.